The van der Waals surface area contributed by atoms with Crippen LogP contribution in [-0.2, 0) is 11.2 Å². The molecule has 1 aliphatic heterocycles. The molecule has 132 valence electrons. The summed E-state index contributed by atoms with van der Waals surface area (Å²) in [7, 11) is 0. The first-order chi connectivity index (χ1) is 11.4. The van der Waals surface area contributed by atoms with Gasteiger partial charge in [-0.2, -0.15) is 0 Å². The molecule has 0 unspecified atom stereocenters. The second-order valence-corrected chi connectivity index (χ2v) is 6.14. The molecule has 0 saturated carbocycles. The fourth-order valence-corrected chi connectivity index (χ4v) is 2.95. The second-order valence-electron chi connectivity index (χ2n) is 6.14. The fourth-order valence-electron chi connectivity index (χ4n) is 2.95. The van der Waals surface area contributed by atoms with Gasteiger partial charge in [0.2, 0.25) is 0 Å². The molecule has 2 amide bonds. The molecular formula is C17H22F2N2O3. The maximum atomic E-state index is 13.2. The van der Waals surface area contributed by atoms with Gasteiger partial charge in [0.05, 0.1) is 0 Å². The van der Waals surface area contributed by atoms with Crippen molar-refractivity contribution < 1.29 is 23.5 Å². The number of rotatable bonds is 6. The van der Waals surface area contributed by atoms with E-state index in [4.69, 9.17) is 5.11 Å². The topological polar surface area (TPSA) is 69.6 Å². The normalized spacial score (nSPS) is 15.3. The summed E-state index contributed by atoms with van der Waals surface area (Å²) in [5.41, 5.74) is 0.643. The van der Waals surface area contributed by atoms with Crippen LogP contribution >= 0.6 is 0 Å². The average Bonchev–Trinajstić information content (AvgIpc) is 2.51. The first kappa shape index (κ1) is 18.2. The third-order valence-electron chi connectivity index (χ3n) is 4.19. The zero-order chi connectivity index (χ0) is 17.5. The SMILES string of the molecule is O=C(O)CCCNC(=O)N1CCC(Cc2cc(F)cc(F)c2)CC1. The van der Waals surface area contributed by atoms with Gasteiger partial charge < -0.3 is 15.3 Å². The van der Waals surface area contributed by atoms with Crippen molar-refractivity contribution >= 4 is 12.0 Å². The van der Waals surface area contributed by atoms with Gasteiger partial charge in [0, 0.05) is 32.1 Å². The maximum Gasteiger partial charge on any atom is 0.317 e. The lowest BCUT2D eigenvalue weighted by Crippen LogP contribution is -2.45. The number of carboxylic acid groups (broad SMARTS) is 1. The summed E-state index contributed by atoms with van der Waals surface area (Å²) in [6, 6.07) is 3.38. The van der Waals surface area contributed by atoms with Gasteiger partial charge in [0.25, 0.3) is 0 Å². The Morgan fingerprint density at radius 3 is 2.38 bits per heavy atom. The van der Waals surface area contributed by atoms with Crippen molar-refractivity contribution in [2.45, 2.75) is 32.1 Å². The van der Waals surface area contributed by atoms with Crippen LogP contribution < -0.4 is 5.32 Å². The quantitative estimate of drug-likeness (QED) is 0.783. The summed E-state index contributed by atoms with van der Waals surface area (Å²) in [6.45, 7) is 1.52. The van der Waals surface area contributed by atoms with Crippen molar-refractivity contribution in [3.63, 3.8) is 0 Å². The number of piperidine rings is 1. The van der Waals surface area contributed by atoms with Gasteiger partial charge in [-0.25, -0.2) is 13.6 Å². The van der Waals surface area contributed by atoms with E-state index in [1.165, 1.54) is 12.1 Å². The molecule has 0 aromatic heterocycles. The van der Waals surface area contributed by atoms with E-state index >= 15 is 0 Å². The van der Waals surface area contributed by atoms with Crippen LogP contribution in [0.25, 0.3) is 0 Å². The van der Waals surface area contributed by atoms with Gasteiger partial charge in [-0.15, -0.1) is 0 Å². The highest BCUT2D eigenvalue weighted by Gasteiger charge is 2.23. The minimum absolute atomic E-state index is 0.0343. The summed E-state index contributed by atoms with van der Waals surface area (Å²) in [6.07, 6.45) is 2.60. The molecule has 1 fully saturated rings. The maximum absolute atomic E-state index is 13.2. The van der Waals surface area contributed by atoms with E-state index in [2.05, 4.69) is 5.32 Å². The Bertz CT molecular complexity index is 567. The lowest BCUT2D eigenvalue weighted by Gasteiger charge is -2.32. The van der Waals surface area contributed by atoms with Crippen molar-refractivity contribution in [3.05, 3.63) is 35.4 Å². The van der Waals surface area contributed by atoms with Crippen molar-refractivity contribution in [1.82, 2.24) is 10.2 Å². The number of amides is 2. The van der Waals surface area contributed by atoms with Crippen LogP contribution in [0.15, 0.2) is 18.2 Å². The first-order valence-electron chi connectivity index (χ1n) is 8.13. The Hall–Kier alpha value is -2.18. The highest BCUT2D eigenvalue weighted by molar-refractivity contribution is 5.74. The summed E-state index contributed by atoms with van der Waals surface area (Å²) in [5.74, 6) is -1.72. The predicted molar refractivity (Wildman–Crippen MR) is 84.6 cm³/mol. The molecule has 0 aliphatic carbocycles. The summed E-state index contributed by atoms with van der Waals surface area (Å²) >= 11 is 0. The van der Waals surface area contributed by atoms with Gasteiger partial charge in [0.15, 0.2) is 0 Å². The van der Waals surface area contributed by atoms with Crippen molar-refractivity contribution in [2.75, 3.05) is 19.6 Å². The number of likely N-dealkylation sites (tertiary alicyclic amines) is 1. The fraction of sp³-hybridized carbons (Fsp3) is 0.529. The zero-order valence-corrected chi connectivity index (χ0v) is 13.4. The molecular weight excluding hydrogens is 318 g/mol. The van der Waals surface area contributed by atoms with Crippen LogP contribution in [0.1, 0.15) is 31.2 Å². The number of nitrogens with one attached hydrogen (secondary N) is 1. The number of carbonyl (C=O) groups excluding carboxylic acids is 1. The van der Waals surface area contributed by atoms with Crippen molar-refractivity contribution in [3.8, 4) is 0 Å². The molecule has 1 aromatic carbocycles. The summed E-state index contributed by atoms with van der Waals surface area (Å²) in [4.78, 5) is 24.1. The Morgan fingerprint density at radius 1 is 1.17 bits per heavy atom. The Kier molecular flexibility index (Phi) is 6.52. The average molecular weight is 340 g/mol. The van der Waals surface area contributed by atoms with Crippen molar-refractivity contribution in [1.29, 1.82) is 0 Å². The lowest BCUT2D eigenvalue weighted by atomic mass is 9.90. The molecule has 1 aromatic rings. The summed E-state index contributed by atoms with van der Waals surface area (Å²) < 4.78 is 26.4. The lowest BCUT2D eigenvalue weighted by molar-refractivity contribution is -0.137. The van der Waals surface area contributed by atoms with Gasteiger partial charge in [-0.1, -0.05) is 0 Å². The number of urea groups is 1. The van der Waals surface area contributed by atoms with E-state index in [9.17, 15) is 18.4 Å². The minimum Gasteiger partial charge on any atom is -0.481 e. The number of hydrogen-bond acceptors (Lipinski definition) is 2. The van der Waals surface area contributed by atoms with Crippen LogP contribution in [0.3, 0.4) is 0 Å². The molecule has 24 heavy (non-hydrogen) atoms. The van der Waals surface area contributed by atoms with Crippen LogP contribution in [0.2, 0.25) is 0 Å². The van der Waals surface area contributed by atoms with Crippen LogP contribution in [0.5, 0.6) is 0 Å². The molecule has 5 nitrogen and oxygen atoms in total. The largest absolute Gasteiger partial charge is 0.481 e. The molecule has 0 bridgehead atoms. The highest BCUT2D eigenvalue weighted by Crippen LogP contribution is 2.22. The van der Waals surface area contributed by atoms with Gasteiger partial charge in [-0.05, 0) is 49.3 Å². The Balaban J connectivity index is 1.72. The molecule has 1 heterocycles. The van der Waals surface area contributed by atoms with Crippen LogP contribution in [-0.4, -0.2) is 41.6 Å². The molecule has 1 saturated heterocycles. The smallest absolute Gasteiger partial charge is 0.317 e. The first-order valence-corrected chi connectivity index (χ1v) is 8.13. The van der Waals surface area contributed by atoms with Gasteiger partial charge in [0.1, 0.15) is 11.6 Å². The zero-order valence-electron chi connectivity index (χ0n) is 13.4. The number of aliphatic carboxylic acids is 1. The van der Waals surface area contributed by atoms with Crippen LogP contribution in [0, 0.1) is 17.6 Å². The molecule has 2 rings (SSSR count). The molecule has 2 N–H and O–H groups in total. The molecule has 0 spiro atoms. The van der Waals surface area contributed by atoms with E-state index in [1.807, 2.05) is 0 Å². The predicted octanol–water partition coefficient (Wildman–Crippen LogP) is 2.79. The van der Waals surface area contributed by atoms with E-state index in [1.54, 1.807) is 4.90 Å². The van der Waals surface area contributed by atoms with E-state index < -0.39 is 17.6 Å². The van der Waals surface area contributed by atoms with Crippen molar-refractivity contribution in [2.24, 2.45) is 5.92 Å². The minimum atomic E-state index is -0.876. The molecule has 0 atom stereocenters. The van der Waals surface area contributed by atoms with E-state index in [0.29, 0.717) is 44.0 Å². The number of hydrogen-bond donors (Lipinski definition) is 2. The standard InChI is InChI=1S/C17H22F2N2O3/c18-14-9-13(10-15(19)11-14)8-12-3-6-21(7-4-12)17(24)20-5-1-2-16(22)23/h9-12H,1-8H2,(H,20,24)(H,22,23). The van der Waals surface area contributed by atoms with Gasteiger partial charge in [-0.3, -0.25) is 4.79 Å². The Labute approximate surface area is 139 Å². The number of nitrogens with zero attached hydrogens (tertiary/aromatic N) is 1. The third kappa shape index (κ3) is 5.79. The number of benzene rings is 1. The molecule has 0 radical (unpaired) electrons. The number of carbonyl (C=O) groups is 2. The molecule has 1 aliphatic rings. The van der Waals surface area contributed by atoms with E-state index in [0.717, 1.165) is 18.9 Å². The number of carboxylic acids is 1. The van der Waals surface area contributed by atoms with Gasteiger partial charge >= 0.3 is 12.0 Å². The Morgan fingerprint density at radius 2 is 1.79 bits per heavy atom. The van der Waals surface area contributed by atoms with Crippen LogP contribution in [0.4, 0.5) is 13.6 Å². The van der Waals surface area contributed by atoms with E-state index in [-0.39, 0.29) is 12.5 Å². The molecule has 7 heteroatoms. The monoisotopic (exact) mass is 340 g/mol. The second kappa shape index (κ2) is 8.61. The number of halogens is 2. The summed E-state index contributed by atoms with van der Waals surface area (Å²) in [5, 5.41) is 11.3. The highest BCUT2D eigenvalue weighted by atomic mass is 19.1. The third-order valence-corrected chi connectivity index (χ3v) is 4.19.